The standard InChI is InChI=1S/C18H16BrCl2N7O2/c1-9-7-13(21)24-15(18(30)27(3)22-2)14(9)25-17(29)11-8-12(19)26-28(11)16-10(20)5-4-6-23-16/h4-8,22H,1-3H3,(H,25,29). The second kappa shape index (κ2) is 9.09. The van der Waals surface area contributed by atoms with E-state index in [1.807, 2.05) is 0 Å². The van der Waals surface area contributed by atoms with Crippen LogP contribution >= 0.6 is 39.1 Å². The summed E-state index contributed by atoms with van der Waals surface area (Å²) in [4.78, 5) is 34.1. The van der Waals surface area contributed by atoms with Gasteiger partial charge in [-0.25, -0.2) is 20.1 Å². The number of hydrazine groups is 1. The summed E-state index contributed by atoms with van der Waals surface area (Å²) in [5.74, 6) is -0.726. The monoisotopic (exact) mass is 511 g/mol. The van der Waals surface area contributed by atoms with Gasteiger partial charge in [0.2, 0.25) is 0 Å². The average molecular weight is 513 g/mol. The van der Waals surface area contributed by atoms with E-state index < -0.39 is 11.8 Å². The summed E-state index contributed by atoms with van der Waals surface area (Å²) in [6, 6.07) is 6.37. The summed E-state index contributed by atoms with van der Waals surface area (Å²) in [5, 5.41) is 8.65. The maximum absolute atomic E-state index is 13.1. The van der Waals surface area contributed by atoms with Crippen LogP contribution in [0.5, 0.6) is 0 Å². The van der Waals surface area contributed by atoms with Gasteiger partial charge in [0.15, 0.2) is 11.5 Å². The van der Waals surface area contributed by atoms with E-state index in [9.17, 15) is 9.59 Å². The molecule has 0 unspecified atom stereocenters. The van der Waals surface area contributed by atoms with Gasteiger partial charge >= 0.3 is 0 Å². The van der Waals surface area contributed by atoms with Gasteiger partial charge in [-0.1, -0.05) is 23.2 Å². The van der Waals surface area contributed by atoms with Crippen LogP contribution in [0.25, 0.3) is 5.82 Å². The first kappa shape index (κ1) is 22.2. The number of aryl methyl sites for hydroxylation is 1. The topological polar surface area (TPSA) is 105 Å². The van der Waals surface area contributed by atoms with Crippen molar-refractivity contribution in [2.24, 2.45) is 0 Å². The van der Waals surface area contributed by atoms with E-state index in [0.717, 1.165) is 0 Å². The Morgan fingerprint density at radius 3 is 2.67 bits per heavy atom. The van der Waals surface area contributed by atoms with E-state index in [1.54, 1.807) is 32.2 Å². The van der Waals surface area contributed by atoms with Gasteiger partial charge in [0, 0.05) is 26.4 Å². The summed E-state index contributed by atoms with van der Waals surface area (Å²) in [7, 11) is 3.11. The summed E-state index contributed by atoms with van der Waals surface area (Å²) >= 11 is 15.5. The number of hydrogen-bond donors (Lipinski definition) is 2. The van der Waals surface area contributed by atoms with E-state index in [-0.39, 0.29) is 28.0 Å². The number of nitrogens with zero attached hydrogens (tertiary/aromatic N) is 5. The van der Waals surface area contributed by atoms with E-state index in [2.05, 4.69) is 41.7 Å². The molecule has 2 N–H and O–H groups in total. The number of amides is 2. The zero-order valence-electron chi connectivity index (χ0n) is 16.1. The first-order valence-corrected chi connectivity index (χ1v) is 10.1. The summed E-state index contributed by atoms with van der Waals surface area (Å²) in [6.45, 7) is 1.71. The Bertz CT molecular complexity index is 1140. The van der Waals surface area contributed by atoms with Crippen molar-refractivity contribution in [3.8, 4) is 5.82 Å². The van der Waals surface area contributed by atoms with Crippen molar-refractivity contribution in [1.82, 2.24) is 30.2 Å². The van der Waals surface area contributed by atoms with Gasteiger partial charge < -0.3 is 5.32 Å². The van der Waals surface area contributed by atoms with Crippen molar-refractivity contribution in [2.45, 2.75) is 6.92 Å². The molecule has 12 heteroatoms. The predicted molar refractivity (Wildman–Crippen MR) is 117 cm³/mol. The molecule has 3 heterocycles. The molecule has 3 aromatic heterocycles. The van der Waals surface area contributed by atoms with E-state index in [0.29, 0.717) is 15.2 Å². The van der Waals surface area contributed by atoms with Crippen molar-refractivity contribution in [3.05, 3.63) is 62.2 Å². The molecule has 0 aromatic carbocycles. The number of carbonyl (C=O) groups excluding carboxylic acids is 2. The van der Waals surface area contributed by atoms with Crippen molar-refractivity contribution < 1.29 is 9.59 Å². The average Bonchev–Trinajstić information content (AvgIpc) is 3.10. The van der Waals surface area contributed by atoms with Gasteiger partial charge in [-0.15, -0.1) is 0 Å². The molecular weight excluding hydrogens is 497 g/mol. The molecule has 0 spiro atoms. The van der Waals surface area contributed by atoms with Crippen LogP contribution in [0, 0.1) is 6.92 Å². The number of anilines is 1. The Morgan fingerprint density at radius 1 is 1.27 bits per heavy atom. The zero-order valence-corrected chi connectivity index (χ0v) is 19.2. The molecule has 0 bridgehead atoms. The van der Waals surface area contributed by atoms with Crippen LogP contribution in [-0.2, 0) is 0 Å². The van der Waals surface area contributed by atoms with Crippen molar-refractivity contribution >= 4 is 56.6 Å². The Hall–Kier alpha value is -2.53. The third-order valence-corrected chi connectivity index (χ3v) is 4.99. The SMILES string of the molecule is CNN(C)C(=O)c1nc(Cl)cc(C)c1NC(=O)c1cc(Br)nn1-c1ncccc1Cl. The molecule has 30 heavy (non-hydrogen) atoms. The molecule has 3 aromatic rings. The smallest absolute Gasteiger partial charge is 0.288 e. The van der Waals surface area contributed by atoms with Gasteiger partial charge in [0.25, 0.3) is 11.8 Å². The van der Waals surface area contributed by atoms with Crippen LogP contribution in [0.3, 0.4) is 0 Å². The molecule has 0 saturated carbocycles. The number of pyridine rings is 2. The minimum absolute atomic E-state index is 0.00815. The van der Waals surface area contributed by atoms with Crippen LogP contribution in [0.1, 0.15) is 26.5 Å². The Morgan fingerprint density at radius 2 is 2.00 bits per heavy atom. The number of hydrogen-bond acceptors (Lipinski definition) is 6. The van der Waals surface area contributed by atoms with Crippen molar-refractivity contribution in [2.75, 3.05) is 19.4 Å². The summed E-state index contributed by atoms with van der Waals surface area (Å²) in [6.07, 6.45) is 1.54. The lowest BCUT2D eigenvalue weighted by molar-refractivity contribution is 0.0730. The number of halogens is 3. The quantitative estimate of drug-likeness (QED) is 0.400. The lowest BCUT2D eigenvalue weighted by Gasteiger charge is -2.18. The van der Waals surface area contributed by atoms with Crippen LogP contribution < -0.4 is 10.7 Å². The fraction of sp³-hybridized carbons (Fsp3) is 0.167. The Labute approximate surface area is 190 Å². The van der Waals surface area contributed by atoms with Gasteiger partial charge in [0.05, 0.1) is 10.7 Å². The van der Waals surface area contributed by atoms with Crippen LogP contribution in [0.2, 0.25) is 10.2 Å². The lowest BCUT2D eigenvalue weighted by atomic mass is 10.1. The zero-order chi connectivity index (χ0) is 22.0. The number of rotatable bonds is 5. The van der Waals surface area contributed by atoms with Gasteiger partial charge in [0.1, 0.15) is 15.5 Å². The minimum Gasteiger partial charge on any atom is -0.318 e. The normalized spacial score (nSPS) is 10.7. The lowest BCUT2D eigenvalue weighted by Crippen LogP contribution is -2.38. The highest BCUT2D eigenvalue weighted by molar-refractivity contribution is 9.10. The molecule has 9 nitrogen and oxygen atoms in total. The van der Waals surface area contributed by atoms with Crippen molar-refractivity contribution in [3.63, 3.8) is 0 Å². The largest absolute Gasteiger partial charge is 0.318 e. The fourth-order valence-electron chi connectivity index (χ4n) is 2.59. The highest BCUT2D eigenvalue weighted by Crippen LogP contribution is 2.26. The third kappa shape index (κ3) is 4.46. The molecule has 156 valence electrons. The summed E-state index contributed by atoms with van der Waals surface area (Å²) < 4.78 is 1.72. The second-order valence-corrected chi connectivity index (χ2v) is 7.71. The number of aromatic nitrogens is 4. The van der Waals surface area contributed by atoms with E-state index >= 15 is 0 Å². The van der Waals surface area contributed by atoms with E-state index in [1.165, 1.54) is 29.0 Å². The fourth-order valence-corrected chi connectivity index (χ4v) is 3.42. The molecule has 2 amide bonds. The van der Waals surface area contributed by atoms with Crippen LogP contribution in [0.4, 0.5) is 5.69 Å². The van der Waals surface area contributed by atoms with Crippen molar-refractivity contribution in [1.29, 1.82) is 0 Å². The predicted octanol–water partition coefficient (Wildman–Crippen LogP) is 3.50. The molecule has 0 radical (unpaired) electrons. The Balaban J connectivity index is 2.04. The summed E-state index contributed by atoms with van der Waals surface area (Å²) in [5.41, 5.74) is 3.64. The minimum atomic E-state index is -0.539. The van der Waals surface area contributed by atoms with Gasteiger partial charge in [-0.05, 0) is 46.6 Å². The number of carbonyl (C=O) groups is 2. The third-order valence-electron chi connectivity index (χ3n) is 4.12. The maximum atomic E-state index is 13.1. The first-order chi connectivity index (χ1) is 14.2. The van der Waals surface area contributed by atoms with Crippen LogP contribution in [0.15, 0.2) is 35.1 Å². The molecule has 0 atom stereocenters. The molecule has 0 fully saturated rings. The van der Waals surface area contributed by atoms with Gasteiger partial charge in [-0.3, -0.25) is 14.6 Å². The second-order valence-electron chi connectivity index (χ2n) is 6.10. The maximum Gasteiger partial charge on any atom is 0.288 e. The molecule has 3 rings (SSSR count). The van der Waals surface area contributed by atoms with E-state index in [4.69, 9.17) is 23.2 Å². The molecule has 0 saturated heterocycles. The highest BCUT2D eigenvalue weighted by atomic mass is 79.9. The molecular formula is C18H16BrCl2N7O2. The first-order valence-electron chi connectivity index (χ1n) is 8.53. The highest BCUT2D eigenvalue weighted by Gasteiger charge is 2.24. The number of nitrogens with one attached hydrogen (secondary N) is 2. The Kier molecular flexibility index (Phi) is 6.71. The van der Waals surface area contributed by atoms with Crippen LogP contribution in [-0.4, -0.2) is 50.7 Å². The molecule has 0 aliphatic heterocycles. The molecule has 0 aliphatic rings. The van der Waals surface area contributed by atoms with Gasteiger partial charge in [-0.2, -0.15) is 5.10 Å². The molecule has 0 aliphatic carbocycles.